The Kier molecular flexibility index (Phi) is 6.78. The van der Waals surface area contributed by atoms with Crippen LogP contribution in [0, 0.1) is 0 Å². The minimum Gasteiger partial charge on any atom is -0.369 e. The number of rotatable bonds is 8. The maximum atomic E-state index is 12.7. The number of aromatic nitrogens is 1. The first kappa shape index (κ1) is 17.3. The van der Waals surface area contributed by atoms with Gasteiger partial charge in [0.2, 0.25) is 10.0 Å². The van der Waals surface area contributed by atoms with Crippen LogP contribution in [0.2, 0.25) is 0 Å². The van der Waals surface area contributed by atoms with Crippen molar-refractivity contribution in [2.75, 3.05) is 30.9 Å². The number of anilines is 1. The van der Waals surface area contributed by atoms with Crippen molar-refractivity contribution in [3.05, 3.63) is 18.3 Å². The lowest BCUT2D eigenvalue weighted by molar-refractivity contribution is 0.385. The van der Waals surface area contributed by atoms with Crippen molar-refractivity contribution >= 4 is 27.6 Å². The highest BCUT2D eigenvalue weighted by atomic mass is 32.2. The van der Waals surface area contributed by atoms with E-state index in [1.165, 1.54) is 4.31 Å². The summed E-state index contributed by atoms with van der Waals surface area (Å²) in [5.74, 6) is 1.20. The predicted octanol–water partition coefficient (Wildman–Crippen LogP) is 2.28. The fourth-order valence-electron chi connectivity index (χ4n) is 1.92. The normalized spacial score (nSPS) is 13.4. The van der Waals surface area contributed by atoms with Crippen molar-refractivity contribution < 1.29 is 8.42 Å². The van der Waals surface area contributed by atoms with Crippen LogP contribution < -0.4 is 5.32 Å². The van der Waals surface area contributed by atoms with Crippen LogP contribution in [0.15, 0.2) is 23.2 Å². The Morgan fingerprint density at radius 3 is 2.70 bits per heavy atom. The van der Waals surface area contributed by atoms with E-state index in [-0.39, 0.29) is 10.9 Å². The lowest BCUT2D eigenvalue weighted by Crippen LogP contribution is -2.38. The summed E-state index contributed by atoms with van der Waals surface area (Å²) < 4.78 is 26.9. The van der Waals surface area contributed by atoms with Gasteiger partial charge in [-0.1, -0.05) is 6.92 Å². The summed E-state index contributed by atoms with van der Waals surface area (Å²) in [6.07, 6.45) is 4.36. The van der Waals surface area contributed by atoms with E-state index < -0.39 is 10.0 Å². The summed E-state index contributed by atoms with van der Waals surface area (Å²) in [6.45, 7) is 4.55. The van der Waals surface area contributed by atoms with Crippen molar-refractivity contribution in [1.82, 2.24) is 9.29 Å². The van der Waals surface area contributed by atoms with E-state index in [0.29, 0.717) is 12.4 Å². The number of pyridine rings is 1. The van der Waals surface area contributed by atoms with Gasteiger partial charge in [-0.15, -0.1) is 0 Å². The molecule has 0 bridgehead atoms. The molecule has 0 saturated heterocycles. The van der Waals surface area contributed by atoms with E-state index in [2.05, 4.69) is 10.3 Å². The van der Waals surface area contributed by atoms with Gasteiger partial charge in [-0.05, 0) is 31.7 Å². The van der Waals surface area contributed by atoms with Crippen molar-refractivity contribution in [1.29, 1.82) is 0 Å². The van der Waals surface area contributed by atoms with Crippen LogP contribution in [0.25, 0.3) is 0 Å². The second-order valence-electron chi connectivity index (χ2n) is 4.42. The van der Waals surface area contributed by atoms with Crippen molar-refractivity contribution in [2.45, 2.75) is 31.2 Å². The summed E-state index contributed by atoms with van der Waals surface area (Å²) in [4.78, 5) is 4.37. The molecule has 1 unspecified atom stereocenters. The molecule has 0 aliphatic carbocycles. The molecule has 1 N–H and O–H groups in total. The molecule has 1 atom stereocenters. The fraction of sp³-hybridized carbons (Fsp3) is 0.615. The minimum atomic E-state index is -3.53. The van der Waals surface area contributed by atoms with Crippen LogP contribution in [0.1, 0.15) is 20.3 Å². The van der Waals surface area contributed by atoms with E-state index in [9.17, 15) is 8.42 Å². The Balaban J connectivity index is 3.15. The van der Waals surface area contributed by atoms with Gasteiger partial charge in [0.1, 0.15) is 10.7 Å². The number of thioether (sulfide) groups is 1. The van der Waals surface area contributed by atoms with Gasteiger partial charge in [-0.3, -0.25) is 0 Å². The fourth-order valence-corrected chi connectivity index (χ4v) is 4.41. The monoisotopic (exact) mass is 317 g/mol. The smallest absolute Gasteiger partial charge is 0.246 e. The van der Waals surface area contributed by atoms with Gasteiger partial charge in [0.25, 0.3) is 0 Å². The Hall–Kier alpha value is -0.790. The summed E-state index contributed by atoms with van der Waals surface area (Å²) in [6, 6.07) is 3.24. The SMILES string of the molecule is CCNc1ncccc1S(=O)(=O)N(C)C(CC)CSC. The van der Waals surface area contributed by atoms with E-state index in [1.54, 1.807) is 37.1 Å². The number of sulfonamides is 1. The average Bonchev–Trinajstić information content (AvgIpc) is 2.44. The molecular weight excluding hydrogens is 294 g/mol. The first-order valence-electron chi connectivity index (χ1n) is 6.64. The van der Waals surface area contributed by atoms with E-state index >= 15 is 0 Å². The highest BCUT2D eigenvalue weighted by Gasteiger charge is 2.29. The molecule has 1 heterocycles. The summed E-state index contributed by atoms with van der Waals surface area (Å²) in [5.41, 5.74) is 0. The average molecular weight is 317 g/mol. The number of hydrogen-bond donors (Lipinski definition) is 1. The van der Waals surface area contributed by atoms with Gasteiger partial charge in [0, 0.05) is 31.6 Å². The zero-order chi connectivity index (χ0) is 15.2. The lowest BCUT2D eigenvalue weighted by Gasteiger charge is -2.26. The quantitative estimate of drug-likeness (QED) is 0.797. The third kappa shape index (κ3) is 3.86. The van der Waals surface area contributed by atoms with Crippen molar-refractivity contribution in [3.8, 4) is 0 Å². The Morgan fingerprint density at radius 2 is 2.15 bits per heavy atom. The van der Waals surface area contributed by atoms with Gasteiger partial charge in [0.05, 0.1) is 0 Å². The largest absolute Gasteiger partial charge is 0.369 e. The first-order chi connectivity index (χ1) is 9.48. The topological polar surface area (TPSA) is 62.3 Å². The molecule has 0 radical (unpaired) electrons. The van der Waals surface area contributed by atoms with Crippen LogP contribution in [0.4, 0.5) is 5.82 Å². The molecule has 1 rings (SSSR count). The maximum absolute atomic E-state index is 12.7. The van der Waals surface area contributed by atoms with Crippen LogP contribution in [-0.2, 0) is 10.0 Å². The van der Waals surface area contributed by atoms with Crippen molar-refractivity contribution in [2.24, 2.45) is 0 Å². The van der Waals surface area contributed by atoms with Gasteiger partial charge in [0.15, 0.2) is 0 Å². The molecular formula is C13H23N3O2S2. The number of nitrogens with zero attached hydrogens (tertiary/aromatic N) is 2. The molecule has 0 aliphatic rings. The molecule has 0 fully saturated rings. The molecule has 0 aromatic carbocycles. The molecule has 5 nitrogen and oxygen atoms in total. The third-order valence-corrected chi connectivity index (χ3v) is 5.78. The number of nitrogens with one attached hydrogen (secondary N) is 1. The summed E-state index contributed by atoms with van der Waals surface area (Å²) >= 11 is 1.65. The molecule has 0 saturated carbocycles. The highest BCUT2D eigenvalue weighted by Crippen LogP contribution is 2.24. The van der Waals surface area contributed by atoms with Gasteiger partial charge >= 0.3 is 0 Å². The molecule has 20 heavy (non-hydrogen) atoms. The first-order valence-corrected chi connectivity index (χ1v) is 9.48. The minimum absolute atomic E-state index is 0.00955. The molecule has 1 aromatic heterocycles. The summed E-state index contributed by atoms with van der Waals surface area (Å²) in [7, 11) is -1.89. The second kappa shape index (κ2) is 7.85. The van der Waals surface area contributed by atoms with Gasteiger partial charge < -0.3 is 5.32 Å². The molecule has 7 heteroatoms. The lowest BCUT2D eigenvalue weighted by atomic mass is 10.3. The Morgan fingerprint density at radius 1 is 1.45 bits per heavy atom. The molecule has 0 spiro atoms. The Labute approximate surface area is 126 Å². The molecule has 0 aliphatic heterocycles. The Bertz CT molecular complexity index is 520. The summed E-state index contributed by atoms with van der Waals surface area (Å²) in [5, 5.41) is 3.00. The van der Waals surface area contributed by atoms with Crippen molar-refractivity contribution in [3.63, 3.8) is 0 Å². The van der Waals surface area contributed by atoms with Crippen LogP contribution in [-0.4, -0.2) is 49.3 Å². The third-order valence-electron chi connectivity index (χ3n) is 3.12. The van der Waals surface area contributed by atoms with E-state index in [4.69, 9.17) is 0 Å². The van der Waals surface area contributed by atoms with Crippen LogP contribution >= 0.6 is 11.8 Å². The standard InChI is InChI=1S/C13H23N3O2S2/c1-5-11(10-19-4)16(3)20(17,18)12-8-7-9-15-13(12)14-6-2/h7-9,11H,5-6,10H2,1-4H3,(H,14,15). The molecule has 114 valence electrons. The maximum Gasteiger partial charge on any atom is 0.246 e. The second-order valence-corrected chi connectivity index (χ2v) is 7.30. The van der Waals surface area contributed by atoms with Gasteiger partial charge in [-0.25, -0.2) is 13.4 Å². The predicted molar refractivity (Wildman–Crippen MR) is 85.8 cm³/mol. The van der Waals surface area contributed by atoms with E-state index in [0.717, 1.165) is 12.2 Å². The van der Waals surface area contributed by atoms with Crippen LogP contribution in [0.5, 0.6) is 0 Å². The van der Waals surface area contributed by atoms with Gasteiger partial charge in [-0.2, -0.15) is 16.1 Å². The van der Waals surface area contributed by atoms with Crippen LogP contribution in [0.3, 0.4) is 0 Å². The molecule has 1 aromatic rings. The highest BCUT2D eigenvalue weighted by molar-refractivity contribution is 7.98. The zero-order valence-electron chi connectivity index (χ0n) is 12.5. The number of hydrogen-bond acceptors (Lipinski definition) is 5. The molecule has 0 amide bonds. The zero-order valence-corrected chi connectivity index (χ0v) is 14.1. The van der Waals surface area contributed by atoms with E-state index in [1.807, 2.05) is 20.1 Å².